The van der Waals surface area contributed by atoms with Crippen molar-refractivity contribution in [1.29, 1.82) is 0 Å². The van der Waals surface area contributed by atoms with Crippen LogP contribution in [0.25, 0.3) is 108 Å². The summed E-state index contributed by atoms with van der Waals surface area (Å²) in [6, 6.07) is 45.9. The molecule has 0 aromatic heterocycles. The third kappa shape index (κ3) is 19.5. The highest BCUT2D eigenvalue weighted by Gasteiger charge is 2.20. The Balaban J connectivity index is 0.805. The van der Waals surface area contributed by atoms with Crippen LogP contribution in [-0.2, 0) is 0 Å². The third-order valence-electron chi connectivity index (χ3n) is 24.1. The molecule has 0 aliphatic carbocycles. The van der Waals surface area contributed by atoms with E-state index in [-0.39, 0.29) is 0 Å². The van der Waals surface area contributed by atoms with Gasteiger partial charge in [-0.1, -0.05) is 338 Å². The summed E-state index contributed by atoms with van der Waals surface area (Å²) >= 11 is 0. The van der Waals surface area contributed by atoms with Gasteiger partial charge in [0.25, 0.3) is 0 Å². The van der Waals surface area contributed by atoms with Crippen LogP contribution in [0.15, 0.2) is 115 Å². The van der Waals surface area contributed by atoms with Gasteiger partial charge in [-0.3, -0.25) is 0 Å². The van der Waals surface area contributed by atoms with Crippen molar-refractivity contribution in [2.75, 3.05) is 13.2 Å². The lowest BCUT2D eigenvalue weighted by Gasteiger charge is -2.19. The average molecular weight is 1350 g/mol. The molecule has 0 heterocycles. The van der Waals surface area contributed by atoms with Crippen LogP contribution in [0.4, 0.5) is 0 Å². The molecule has 11 aromatic carbocycles. The van der Waals surface area contributed by atoms with Crippen LogP contribution in [0.1, 0.15) is 312 Å². The van der Waals surface area contributed by atoms with Crippen LogP contribution in [0.5, 0.6) is 11.5 Å². The van der Waals surface area contributed by atoms with Gasteiger partial charge < -0.3 is 9.47 Å². The SMILES string of the molecule is CCCCCCCCCCCCC(CCCCCCCCCC)COc1ccc2c(c1)c(C)cc1c2ccc2c3cc4cc(C)c5c(ccc6c5cc(C)c5c7cc(C)c8cc(OCC(CCCCCCCCCC)CCCCCCCCCCCC)ccc8c7ccc65)c4cc3cc(C)c21. The predicted molar refractivity (Wildman–Crippen MR) is 451 cm³/mol. The molecule has 2 atom stereocenters. The molecule has 0 aliphatic heterocycles. The summed E-state index contributed by atoms with van der Waals surface area (Å²) in [5, 5.41) is 26.6. The summed E-state index contributed by atoms with van der Waals surface area (Å²) in [5.74, 6) is 3.29. The summed E-state index contributed by atoms with van der Waals surface area (Å²) in [6.07, 6.45) is 55.0. The molecule has 0 amide bonds. The third-order valence-corrected chi connectivity index (χ3v) is 24.1. The number of rotatable bonds is 46. The van der Waals surface area contributed by atoms with E-state index in [0.717, 1.165) is 24.7 Å². The molecule has 0 spiro atoms. The van der Waals surface area contributed by atoms with Gasteiger partial charge in [0.05, 0.1) is 13.2 Å². The molecule has 2 nitrogen and oxygen atoms in total. The molecule has 0 radical (unpaired) electrons. The van der Waals surface area contributed by atoms with Crippen molar-refractivity contribution >= 4 is 108 Å². The number of fused-ring (bicyclic) bond motifs is 18. The van der Waals surface area contributed by atoms with E-state index < -0.39 is 0 Å². The fourth-order valence-electron chi connectivity index (χ4n) is 18.2. The number of aryl methyl sites for hydroxylation is 5. The van der Waals surface area contributed by atoms with Crippen molar-refractivity contribution < 1.29 is 9.47 Å². The Morgan fingerprint density at radius 3 is 0.762 bits per heavy atom. The Morgan fingerprint density at radius 2 is 0.446 bits per heavy atom. The van der Waals surface area contributed by atoms with Crippen molar-refractivity contribution in [2.45, 2.75) is 319 Å². The molecule has 0 saturated heterocycles. The summed E-state index contributed by atoms with van der Waals surface area (Å²) in [6.45, 7) is 22.6. The summed E-state index contributed by atoms with van der Waals surface area (Å²) in [5.41, 5.74) is 6.62. The van der Waals surface area contributed by atoms with Gasteiger partial charge >= 0.3 is 0 Å². The maximum absolute atomic E-state index is 6.83. The van der Waals surface area contributed by atoms with Crippen LogP contribution < -0.4 is 9.47 Å². The Bertz CT molecular complexity index is 4460. The van der Waals surface area contributed by atoms with E-state index in [1.54, 1.807) is 0 Å². The monoisotopic (exact) mass is 1350 g/mol. The molecule has 0 aliphatic rings. The minimum absolute atomic E-state index is 0.623. The molecule has 11 aromatic rings. The second-order valence-electron chi connectivity index (χ2n) is 32.2. The average Bonchev–Trinajstić information content (AvgIpc) is 0.720. The lowest BCUT2D eigenvalue weighted by Crippen LogP contribution is -2.12. The van der Waals surface area contributed by atoms with Gasteiger partial charge in [-0.15, -0.1) is 0 Å². The molecule has 0 bridgehead atoms. The van der Waals surface area contributed by atoms with Crippen LogP contribution in [-0.4, -0.2) is 13.2 Å². The van der Waals surface area contributed by atoms with Crippen molar-refractivity contribution in [3.8, 4) is 11.5 Å². The standard InChI is InChI=1S/C99H132O2/c1-10-14-18-22-26-30-32-36-40-44-48-76(46-42-38-34-28-24-20-16-12-3)69-100-80-50-52-82-84-54-57-87-86-56-59-89-93-66-78-60-73(7)97-88(92(78)65-79(93)61-74(8)98(89)96(86)64-75(9)99(87)95(84)63-72(6)91(82)68-80)58-55-85-83-53-51-81(67-90(83)71(5)62-94(85)97)101-70-77(47-43-39-35-29-25-21-17-13-4)49-45-41-37-33-31-27-23-19-15-11-2/h50-68,76-77H,10-49,69-70H2,1-9H3. The zero-order valence-electron chi connectivity index (χ0n) is 65.1. The Morgan fingerprint density at radius 1 is 0.208 bits per heavy atom. The first-order valence-corrected chi connectivity index (χ1v) is 42.3. The van der Waals surface area contributed by atoms with E-state index in [0.29, 0.717) is 11.8 Å². The van der Waals surface area contributed by atoms with Crippen molar-refractivity contribution in [2.24, 2.45) is 11.8 Å². The fraction of sp³-hybridized carbons (Fsp3) is 0.535. The molecular weight excluding hydrogens is 1220 g/mol. The fourth-order valence-corrected chi connectivity index (χ4v) is 18.2. The molecule has 540 valence electrons. The highest BCUT2D eigenvalue weighted by molar-refractivity contribution is 6.30. The number of ether oxygens (including phenoxy) is 2. The number of hydrogen-bond acceptors (Lipinski definition) is 2. The van der Waals surface area contributed by atoms with E-state index in [1.807, 2.05) is 0 Å². The molecule has 0 fully saturated rings. The molecular formula is C99H132O2. The zero-order valence-corrected chi connectivity index (χ0v) is 65.1. The smallest absolute Gasteiger partial charge is 0.119 e. The number of hydrogen-bond donors (Lipinski definition) is 0. The summed E-state index contributed by atoms with van der Waals surface area (Å²) in [7, 11) is 0. The lowest BCUT2D eigenvalue weighted by atomic mass is 9.86. The van der Waals surface area contributed by atoms with Crippen LogP contribution in [0.2, 0.25) is 0 Å². The van der Waals surface area contributed by atoms with Gasteiger partial charge in [-0.25, -0.2) is 0 Å². The normalized spacial score (nSPS) is 12.8. The highest BCUT2D eigenvalue weighted by atomic mass is 16.5. The Hall–Kier alpha value is -6.38. The maximum atomic E-state index is 6.83. The number of benzene rings is 11. The van der Waals surface area contributed by atoms with Gasteiger partial charge in [-0.2, -0.15) is 0 Å². The van der Waals surface area contributed by atoms with Gasteiger partial charge in [0, 0.05) is 0 Å². The van der Waals surface area contributed by atoms with E-state index >= 15 is 0 Å². The quantitative estimate of drug-likeness (QED) is 0.0215. The molecule has 2 unspecified atom stereocenters. The molecule has 2 heteroatoms. The predicted octanol–water partition coefficient (Wildman–Crippen LogP) is 32.4. The lowest BCUT2D eigenvalue weighted by molar-refractivity contribution is 0.224. The van der Waals surface area contributed by atoms with Gasteiger partial charge in [0.2, 0.25) is 0 Å². The van der Waals surface area contributed by atoms with Gasteiger partial charge in [-0.05, 0) is 244 Å². The number of unbranched alkanes of at least 4 members (excludes halogenated alkanes) is 32. The van der Waals surface area contributed by atoms with E-state index in [2.05, 4.69) is 178 Å². The highest BCUT2D eigenvalue weighted by Crippen LogP contribution is 2.45. The minimum atomic E-state index is 0.623. The Labute approximate surface area is 612 Å². The second kappa shape index (κ2) is 38.9. The van der Waals surface area contributed by atoms with Crippen molar-refractivity contribution in [3.05, 3.63) is 143 Å². The second-order valence-corrected chi connectivity index (χ2v) is 32.2. The van der Waals surface area contributed by atoms with Crippen LogP contribution in [0.3, 0.4) is 0 Å². The van der Waals surface area contributed by atoms with Crippen molar-refractivity contribution in [1.82, 2.24) is 0 Å². The van der Waals surface area contributed by atoms with E-state index in [9.17, 15) is 0 Å². The first kappa shape index (κ1) is 75.8. The summed E-state index contributed by atoms with van der Waals surface area (Å²) < 4.78 is 13.7. The molecule has 0 N–H and O–H groups in total. The largest absolute Gasteiger partial charge is 0.493 e. The first-order chi connectivity index (χ1) is 49.6. The van der Waals surface area contributed by atoms with Gasteiger partial charge in [0.15, 0.2) is 0 Å². The summed E-state index contributed by atoms with van der Waals surface area (Å²) in [4.78, 5) is 0. The van der Waals surface area contributed by atoms with Crippen LogP contribution >= 0.6 is 0 Å². The minimum Gasteiger partial charge on any atom is -0.493 e. The van der Waals surface area contributed by atoms with Crippen LogP contribution in [0, 0.1) is 46.5 Å². The van der Waals surface area contributed by atoms with Crippen molar-refractivity contribution in [3.63, 3.8) is 0 Å². The van der Waals surface area contributed by atoms with E-state index in [1.165, 1.54) is 392 Å². The molecule has 101 heavy (non-hydrogen) atoms. The zero-order chi connectivity index (χ0) is 70.3. The molecule has 0 saturated carbocycles. The Kier molecular flexibility index (Phi) is 29.2. The van der Waals surface area contributed by atoms with E-state index in [4.69, 9.17) is 9.47 Å². The first-order valence-electron chi connectivity index (χ1n) is 42.3. The molecule has 11 rings (SSSR count). The maximum Gasteiger partial charge on any atom is 0.119 e. The topological polar surface area (TPSA) is 18.5 Å². The van der Waals surface area contributed by atoms with Gasteiger partial charge in [0.1, 0.15) is 11.5 Å².